The standard InChI is InChI=1S/C17H18BrClO/c1-12(2)20-15-9-7-13(8-10-15)16(18)11-14-5-3-4-6-17(14)19/h3-10,12,16H,11H2,1-2H3. The predicted octanol–water partition coefficient (Wildman–Crippen LogP) is 5.81. The maximum atomic E-state index is 6.20. The Hall–Kier alpha value is -0.990. The predicted molar refractivity (Wildman–Crippen MR) is 89.0 cm³/mol. The summed E-state index contributed by atoms with van der Waals surface area (Å²) in [6, 6.07) is 16.2. The van der Waals surface area contributed by atoms with E-state index in [0.717, 1.165) is 22.8 Å². The number of hydrogen-bond acceptors (Lipinski definition) is 1. The Bertz CT molecular complexity index is 551. The molecule has 0 fully saturated rings. The summed E-state index contributed by atoms with van der Waals surface area (Å²) in [5, 5.41) is 0.816. The molecule has 0 radical (unpaired) electrons. The number of rotatable bonds is 5. The van der Waals surface area contributed by atoms with Crippen LogP contribution < -0.4 is 4.74 Å². The van der Waals surface area contributed by atoms with Crippen LogP contribution in [0.2, 0.25) is 5.02 Å². The lowest BCUT2D eigenvalue weighted by Gasteiger charge is -2.14. The summed E-state index contributed by atoms with van der Waals surface area (Å²) in [7, 11) is 0. The molecule has 1 nitrogen and oxygen atoms in total. The normalized spacial score (nSPS) is 12.4. The summed E-state index contributed by atoms with van der Waals surface area (Å²) in [5.74, 6) is 0.904. The first kappa shape index (κ1) is 15.4. The maximum Gasteiger partial charge on any atom is 0.119 e. The van der Waals surface area contributed by atoms with Crippen molar-refractivity contribution in [1.82, 2.24) is 0 Å². The fourth-order valence-corrected chi connectivity index (χ4v) is 2.87. The van der Waals surface area contributed by atoms with E-state index in [9.17, 15) is 0 Å². The van der Waals surface area contributed by atoms with E-state index >= 15 is 0 Å². The molecule has 0 saturated heterocycles. The van der Waals surface area contributed by atoms with Crippen LogP contribution in [0.1, 0.15) is 29.8 Å². The van der Waals surface area contributed by atoms with Crippen molar-refractivity contribution in [3.63, 3.8) is 0 Å². The summed E-state index contributed by atoms with van der Waals surface area (Å²) >= 11 is 9.93. The lowest BCUT2D eigenvalue weighted by atomic mass is 10.0. The lowest BCUT2D eigenvalue weighted by molar-refractivity contribution is 0.242. The van der Waals surface area contributed by atoms with Crippen LogP contribution in [0, 0.1) is 0 Å². The first-order chi connectivity index (χ1) is 9.56. The van der Waals surface area contributed by atoms with Gasteiger partial charge in [0.1, 0.15) is 5.75 Å². The fourth-order valence-electron chi connectivity index (χ4n) is 2.00. The SMILES string of the molecule is CC(C)Oc1ccc(C(Br)Cc2ccccc2Cl)cc1. The van der Waals surface area contributed by atoms with Gasteiger partial charge in [-0.15, -0.1) is 0 Å². The number of hydrogen-bond donors (Lipinski definition) is 0. The largest absolute Gasteiger partial charge is 0.491 e. The van der Waals surface area contributed by atoms with Crippen molar-refractivity contribution in [1.29, 1.82) is 0 Å². The highest BCUT2D eigenvalue weighted by Crippen LogP contribution is 2.30. The third kappa shape index (κ3) is 4.26. The second-order valence-corrected chi connectivity index (χ2v) is 6.51. The summed E-state index contributed by atoms with van der Waals surface area (Å²) in [5.41, 5.74) is 2.37. The topological polar surface area (TPSA) is 9.23 Å². The Morgan fingerprint density at radius 2 is 1.70 bits per heavy atom. The number of alkyl halides is 1. The van der Waals surface area contributed by atoms with Gasteiger partial charge in [0, 0.05) is 9.85 Å². The van der Waals surface area contributed by atoms with Crippen LogP contribution in [0.5, 0.6) is 5.75 Å². The molecular formula is C17H18BrClO. The van der Waals surface area contributed by atoms with Crippen molar-refractivity contribution < 1.29 is 4.74 Å². The third-order valence-electron chi connectivity index (χ3n) is 2.97. The Labute approximate surface area is 134 Å². The summed E-state index contributed by atoms with van der Waals surface area (Å²) in [4.78, 5) is 0.246. The van der Waals surface area contributed by atoms with Gasteiger partial charge in [0.2, 0.25) is 0 Å². The summed E-state index contributed by atoms with van der Waals surface area (Å²) in [6.45, 7) is 4.05. The van der Waals surface area contributed by atoms with E-state index in [1.807, 2.05) is 44.2 Å². The molecule has 0 bridgehead atoms. The minimum Gasteiger partial charge on any atom is -0.491 e. The molecule has 106 valence electrons. The molecule has 0 aromatic heterocycles. The molecule has 0 spiro atoms. The second-order valence-electron chi connectivity index (χ2n) is 5.00. The van der Waals surface area contributed by atoms with Gasteiger partial charge in [-0.3, -0.25) is 0 Å². The van der Waals surface area contributed by atoms with Crippen molar-refractivity contribution >= 4 is 27.5 Å². The zero-order valence-corrected chi connectivity index (χ0v) is 14.0. The summed E-state index contributed by atoms with van der Waals surface area (Å²) in [6.07, 6.45) is 1.06. The van der Waals surface area contributed by atoms with Crippen molar-refractivity contribution in [3.05, 3.63) is 64.7 Å². The first-order valence-electron chi connectivity index (χ1n) is 6.70. The zero-order chi connectivity index (χ0) is 14.5. The monoisotopic (exact) mass is 352 g/mol. The number of halogens is 2. The smallest absolute Gasteiger partial charge is 0.119 e. The van der Waals surface area contributed by atoms with Crippen LogP contribution in [0.15, 0.2) is 48.5 Å². The van der Waals surface area contributed by atoms with E-state index in [2.05, 4.69) is 34.1 Å². The number of ether oxygens (including phenoxy) is 1. The molecular weight excluding hydrogens is 336 g/mol. The molecule has 0 aliphatic rings. The minimum atomic E-state index is 0.198. The van der Waals surface area contributed by atoms with Gasteiger partial charge in [0.05, 0.1) is 6.10 Å². The lowest BCUT2D eigenvalue weighted by Crippen LogP contribution is -2.05. The van der Waals surface area contributed by atoms with Gasteiger partial charge in [-0.2, -0.15) is 0 Å². The van der Waals surface area contributed by atoms with Crippen molar-refractivity contribution in [3.8, 4) is 5.75 Å². The van der Waals surface area contributed by atoms with E-state index < -0.39 is 0 Å². The van der Waals surface area contributed by atoms with Crippen LogP contribution in [-0.4, -0.2) is 6.10 Å². The van der Waals surface area contributed by atoms with Crippen LogP contribution in [0.25, 0.3) is 0 Å². The average molecular weight is 354 g/mol. The molecule has 3 heteroatoms. The van der Waals surface area contributed by atoms with Gasteiger partial charge in [-0.05, 0) is 49.6 Å². The minimum absolute atomic E-state index is 0.198. The van der Waals surface area contributed by atoms with Gasteiger partial charge < -0.3 is 4.74 Å². The van der Waals surface area contributed by atoms with Gasteiger partial charge in [0.15, 0.2) is 0 Å². The van der Waals surface area contributed by atoms with Crippen molar-refractivity contribution in [2.45, 2.75) is 31.2 Å². The molecule has 2 aromatic rings. The van der Waals surface area contributed by atoms with Crippen LogP contribution in [0.3, 0.4) is 0 Å². The van der Waals surface area contributed by atoms with Gasteiger partial charge >= 0.3 is 0 Å². The molecule has 0 saturated carbocycles. The molecule has 0 amide bonds. The number of benzene rings is 2. The summed E-state index contributed by atoms with van der Waals surface area (Å²) < 4.78 is 5.65. The highest BCUT2D eigenvalue weighted by atomic mass is 79.9. The first-order valence-corrected chi connectivity index (χ1v) is 7.99. The van der Waals surface area contributed by atoms with E-state index in [1.54, 1.807) is 0 Å². The molecule has 1 unspecified atom stereocenters. The Balaban J connectivity index is 2.06. The Morgan fingerprint density at radius 1 is 1.05 bits per heavy atom. The molecule has 1 atom stereocenters. The van der Waals surface area contributed by atoms with Crippen LogP contribution in [0.4, 0.5) is 0 Å². The van der Waals surface area contributed by atoms with Crippen LogP contribution >= 0.6 is 27.5 Å². The van der Waals surface area contributed by atoms with Crippen LogP contribution in [-0.2, 0) is 6.42 Å². The van der Waals surface area contributed by atoms with Crippen molar-refractivity contribution in [2.75, 3.05) is 0 Å². The van der Waals surface area contributed by atoms with Gasteiger partial charge in [-0.1, -0.05) is 57.9 Å². The Morgan fingerprint density at radius 3 is 2.30 bits per heavy atom. The molecule has 2 aromatic carbocycles. The molecule has 0 aliphatic carbocycles. The molecule has 20 heavy (non-hydrogen) atoms. The highest BCUT2D eigenvalue weighted by Gasteiger charge is 2.11. The van der Waals surface area contributed by atoms with Crippen molar-refractivity contribution in [2.24, 2.45) is 0 Å². The quantitative estimate of drug-likeness (QED) is 0.617. The molecule has 0 N–H and O–H groups in total. The van der Waals surface area contributed by atoms with E-state index in [1.165, 1.54) is 5.56 Å². The fraction of sp³-hybridized carbons (Fsp3) is 0.294. The van der Waals surface area contributed by atoms with E-state index in [4.69, 9.17) is 16.3 Å². The van der Waals surface area contributed by atoms with Gasteiger partial charge in [-0.25, -0.2) is 0 Å². The molecule has 2 rings (SSSR count). The zero-order valence-electron chi connectivity index (χ0n) is 11.6. The third-order valence-corrected chi connectivity index (χ3v) is 4.19. The van der Waals surface area contributed by atoms with Gasteiger partial charge in [0.25, 0.3) is 0 Å². The second kappa shape index (κ2) is 7.14. The Kier molecular flexibility index (Phi) is 5.50. The average Bonchev–Trinajstić information content (AvgIpc) is 2.41. The molecule has 0 heterocycles. The highest BCUT2D eigenvalue weighted by molar-refractivity contribution is 9.09. The van der Waals surface area contributed by atoms with E-state index in [-0.39, 0.29) is 10.9 Å². The maximum absolute atomic E-state index is 6.20. The molecule has 0 aliphatic heterocycles. The van der Waals surface area contributed by atoms with E-state index in [0.29, 0.717) is 0 Å².